The Labute approximate surface area is 113 Å². The second kappa shape index (κ2) is 5.00. The van der Waals surface area contributed by atoms with E-state index in [1.54, 1.807) is 11.3 Å². The molecule has 100 valence electrons. The van der Waals surface area contributed by atoms with Crippen molar-refractivity contribution < 1.29 is 4.79 Å². The second-order valence-electron chi connectivity index (χ2n) is 6.52. The maximum Gasteiger partial charge on any atom is 0.226 e. The Morgan fingerprint density at radius 2 is 2.22 bits per heavy atom. The fourth-order valence-corrected chi connectivity index (χ4v) is 3.43. The molecule has 0 saturated carbocycles. The molecule has 4 heteroatoms. The van der Waals surface area contributed by atoms with Gasteiger partial charge in [-0.05, 0) is 30.6 Å². The van der Waals surface area contributed by atoms with E-state index in [0.717, 1.165) is 23.9 Å². The van der Waals surface area contributed by atoms with Crippen molar-refractivity contribution in [2.45, 2.75) is 53.4 Å². The van der Waals surface area contributed by atoms with Gasteiger partial charge in [0, 0.05) is 11.3 Å². The van der Waals surface area contributed by atoms with Crippen LogP contribution in [0.15, 0.2) is 0 Å². The standard InChI is InChI=1S/C14H22N2OS/c1-9-5-6-10-11(7-9)18-13(15-10)16-12(17)8-14(2,3)4/h9H,5-8H2,1-4H3,(H,15,16,17). The van der Waals surface area contributed by atoms with E-state index < -0.39 is 0 Å². The molecule has 1 amide bonds. The number of carbonyl (C=O) groups is 1. The second-order valence-corrected chi connectivity index (χ2v) is 7.61. The van der Waals surface area contributed by atoms with Crippen LogP contribution in [0.2, 0.25) is 0 Å². The van der Waals surface area contributed by atoms with E-state index >= 15 is 0 Å². The number of hydrogen-bond donors (Lipinski definition) is 1. The van der Waals surface area contributed by atoms with E-state index in [1.165, 1.54) is 17.0 Å². The van der Waals surface area contributed by atoms with Crippen molar-refractivity contribution in [3.8, 4) is 0 Å². The SMILES string of the molecule is CC1CCc2nc(NC(=O)CC(C)(C)C)sc2C1. The highest BCUT2D eigenvalue weighted by Gasteiger charge is 2.21. The zero-order valence-electron chi connectivity index (χ0n) is 11.7. The number of nitrogens with zero attached hydrogens (tertiary/aromatic N) is 1. The highest BCUT2D eigenvalue weighted by atomic mass is 32.1. The first-order chi connectivity index (χ1) is 8.33. The number of aromatic nitrogens is 1. The van der Waals surface area contributed by atoms with E-state index in [9.17, 15) is 4.79 Å². The predicted octanol–water partition coefficient (Wildman–Crippen LogP) is 3.64. The van der Waals surface area contributed by atoms with Crippen LogP contribution >= 0.6 is 11.3 Å². The van der Waals surface area contributed by atoms with E-state index in [2.05, 4.69) is 38.0 Å². The number of anilines is 1. The third-order valence-electron chi connectivity index (χ3n) is 3.12. The smallest absolute Gasteiger partial charge is 0.226 e. The van der Waals surface area contributed by atoms with E-state index in [0.29, 0.717) is 6.42 Å². The fraction of sp³-hybridized carbons (Fsp3) is 0.714. The fourth-order valence-electron chi connectivity index (χ4n) is 2.24. The van der Waals surface area contributed by atoms with Crippen molar-refractivity contribution >= 4 is 22.4 Å². The van der Waals surface area contributed by atoms with Gasteiger partial charge in [0.05, 0.1) is 5.69 Å². The summed E-state index contributed by atoms with van der Waals surface area (Å²) < 4.78 is 0. The van der Waals surface area contributed by atoms with Crippen molar-refractivity contribution in [3.63, 3.8) is 0 Å². The van der Waals surface area contributed by atoms with Crippen LogP contribution in [0.4, 0.5) is 5.13 Å². The molecule has 0 bridgehead atoms. The van der Waals surface area contributed by atoms with E-state index in [4.69, 9.17) is 0 Å². The Kier molecular flexibility index (Phi) is 3.76. The molecule has 3 nitrogen and oxygen atoms in total. The Balaban J connectivity index is 2.01. The molecular formula is C14H22N2OS. The molecule has 0 aromatic carbocycles. The number of carbonyl (C=O) groups excluding carboxylic acids is 1. The highest BCUT2D eigenvalue weighted by Crippen LogP contribution is 2.32. The van der Waals surface area contributed by atoms with Crippen LogP contribution in [0.3, 0.4) is 0 Å². The van der Waals surface area contributed by atoms with Gasteiger partial charge in [0.1, 0.15) is 0 Å². The lowest BCUT2D eigenvalue weighted by Gasteiger charge is -2.16. The zero-order valence-corrected chi connectivity index (χ0v) is 12.5. The van der Waals surface area contributed by atoms with Gasteiger partial charge in [-0.25, -0.2) is 4.98 Å². The van der Waals surface area contributed by atoms with Crippen LogP contribution in [0.25, 0.3) is 0 Å². The molecule has 1 N–H and O–H groups in total. The van der Waals surface area contributed by atoms with Crippen LogP contribution in [-0.4, -0.2) is 10.9 Å². The van der Waals surface area contributed by atoms with Crippen molar-refractivity contribution in [2.24, 2.45) is 11.3 Å². The maximum absolute atomic E-state index is 11.9. The van der Waals surface area contributed by atoms with Crippen LogP contribution < -0.4 is 5.32 Å². The summed E-state index contributed by atoms with van der Waals surface area (Å²) >= 11 is 1.65. The Bertz CT molecular complexity index is 445. The van der Waals surface area contributed by atoms with Gasteiger partial charge in [0.2, 0.25) is 5.91 Å². The molecule has 1 atom stereocenters. The number of nitrogens with one attached hydrogen (secondary N) is 1. The summed E-state index contributed by atoms with van der Waals surface area (Å²) in [6, 6.07) is 0. The molecule has 2 rings (SSSR count). The van der Waals surface area contributed by atoms with Gasteiger partial charge in [0.15, 0.2) is 5.13 Å². The van der Waals surface area contributed by atoms with Crippen molar-refractivity contribution in [2.75, 3.05) is 5.32 Å². The topological polar surface area (TPSA) is 42.0 Å². The minimum Gasteiger partial charge on any atom is -0.302 e. The minimum atomic E-state index is 0.0233. The van der Waals surface area contributed by atoms with Crippen molar-refractivity contribution in [1.29, 1.82) is 0 Å². The monoisotopic (exact) mass is 266 g/mol. The average Bonchev–Trinajstić information content (AvgIpc) is 2.55. The first-order valence-corrected chi connectivity index (χ1v) is 7.43. The molecule has 0 radical (unpaired) electrons. The number of aryl methyl sites for hydroxylation is 1. The lowest BCUT2D eigenvalue weighted by atomic mass is 9.92. The largest absolute Gasteiger partial charge is 0.302 e. The number of thiazole rings is 1. The molecule has 1 aliphatic carbocycles. The predicted molar refractivity (Wildman–Crippen MR) is 76.0 cm³/mol. The summed E-state index contributed by atoms with van der Waals surface area (Å²) in [5, 5.41) is 3.72. The minimum absolute atomic E-state index is 0.0233. The molecular weight excluding hydrogens is 244 g/mol. The molecule has 1 aromatic heterocycles. The van der Waals surface area contributed by atoms with Crippen molar-refractivity contribution in [3.05, 3.63) is 10.6 Å². The van der Waals surface area contributed by atoms with Crippen LogP contribution in [0.5, 0.6) is 0 Å². The summed E-state index contributed by atoms with van der Waals surface area (Å²) in [4.78, 5) is 17.8. The summed E-state index contributed by atoms with van der Waals surface area (Å²) in [5.41, 5.74) is 1.22. The van der Waals surface area contributed by atoms with Gasteiger partial charge in [-0.1, -0.05) is 27.7 Å². The third-order valence-corrected chi connectivity index (χ3v) is 4.16. The first kappa shape index (κ1) is 13.5. The molecule has 18 heavy (non-hydrogen) atoms. The van der Waals surface area contributed by atoms with Gasteiger partial charge in [-0.3, -0.25) is 4.79 Å². The van der Waals surface area contributed by atoms with Crippen LogP contribution in [-0.2, 0) is 17.6 Å². The summed E-state index contributed by atoms with van der Waals surface area (Å²) in [6.45, 7) is 8.49. The summed E-state index contributed by atoms with van der Waals surface area (Å²) in [6.07, 6.45) is 3.92. The quantitative estimate of drug-likeness (QED) is 0.888. The third kappa shape index (κ3) is 3.55. The molecule has 0 spiro atoms. The van der Waals surface area contributed by atoms with E-state index in [1.807, 2.05) is 0 Å². The van der Waals surface area contributed by atoms with Gasteiger partial charge < -0.3 is 5.32 Å². The lowest BCUT2D eigenvalue weighted by Crippen LogP contribution is -2.19. The highest BCUT2D eigenvalue weighted by molar-refractivity contribution is 7.15. The molecule has 1 aliphatic rings. The maximum atomic E-state index is 11.9. The molecule has 1 heterocycles. The molecule has 1 unspecified atom stereocenters. The average molecular weight is 266 g/mol. The van der Waals surface area contributed by atoms with Gasteiger partial charge in [0.25, 0.3) is 0 Å². The first-order valence-electron chi connectivity index (χ1n) is 6.62. The van der Waals surface area contributed by atoms with Crippen LogP contribution in [0.1, 0.15) is 51.1 Å². The molecule has 0 aliphatic heterocycles. The van der Waals surface area contributed by atoms with Gasteiger partial charge in [-0.15, -0.1) is 11.3 Å². The Morgan fingerprint density at radius 3 is 2.89 bits per heavy atom. The molecule has 0 fully saturated rings. The zero-order chi connectivity index (χ0) is 13.3. The lowest BCUT2D eigenvalue weighted by molar-refractivity contribution is -0.117. The Morgan fingerprint density at radius 1 is 1.50 bits per heavy atom. The number of rotatable bonds is 2. The van der Waals surface area contributed by atoms with Crippen molar-refractivity contribution in [1.82, 2.24) is 4.98 Å². The van der Waals surface area contributed by atoms with Gasteiger partial charge >= 0.3 is 0 Å². The molecule has 0 saturated heterocycles. The number of amides is 1. The number of fused-ring (bicyclic) bond motifs is 1. The van der Waals surface area contributed by atoms with E-state index in [-0.39, 0.29) is 11.3 Å². The van der Waals surface area contributed by atoms with Crippen LogP contribution in [0, 0.1) is 11.3 Å². The Hall–Kier alpha value is -0.900. The molecule has 1 aromatic rings. The number of hydrogen-bond acceptors (Lipinski definition) is 3. The summed E-state index contributed by atoms with van der Waals surface area (Å²) in [7, 11) is 0. The van der Waals surface area contributed by atoms with Gasteiger partial charge in [-0.2, -0.15) is 0 Å². The summed E-state index contributed by atoms with van der Waals surface area (Å²) in [5.74, 6) is 0.817. The normalized spacial score (nSPS) is 19.4.